The maximum atomic E-state index is 12.3. The molecule has 0 aliphatic rings. The van der Waals surface area contributed by atoms with Crippen LogP contribution in [0.25, 0.3) is 0 Å². The summed E-state index contributed by atoms with van der Waals surface area (Å²) in [6.07, 6.45) is 0. The van der Waals surface area contributed by atoms with E-state index in [4.69, 9.17) is 5.73 Å². The summed E-state index contributed by atoms with van der Waals surface area (Å²) in [7, 11) is -0.924. The van der Waals surface area contributed by atoms with E-state index in [0.29, 0.717) is 17.2 Å². The Balaban J connectivity index is 2.06. The quantitative estimate of drug-likeness (QED) is 0.842. The van der Waals surface area contributed by atoms with E-state index < -0.39 is 10.8 Å². The molecule has 0 aromatic heterocycles. The lowest BCUT2D eigenvalue weighted by molar-refractivity contribution is 0.682. The van der Waals surface area contributed by atoms with Gasteiger partial charge in [-0.25, -0.2) is 0 Å². The van der Waals surface area contributed by atoms with Crippen molar-refractivity contribution in [3.05, 3.63) is 63.1 Å². The van der Waals surface area contributed by atoms with Gasteiger partial charge in [0.15, 0.2) is 0 Å². The van der Waals surface area contributed by atoms with E-state index in [-0.39, 0.29) is 0 Å². The summed E-state index contributed by atoms with van der Waals surface area (Å²) < 4.78 is 13.1. The number of nitrogen functional groups attached to an aromatic ring is 1. The number of benzene rings is 2. The molecule has 1 unspecified atom stereocenters. The second-order valence-electron chi connectivity index (χ2n) is 5.08. The third kappa shape index (κ3) is 4.18. The number of rotatable bonds is 4. The van der Waals surface area contributed by atoms with Crippen LogP contribution in [0, 0.1) is 13.8 Å². The van der Waals surface area contributed by atoms with E-state index in [2.05, 4.69) is 48.0 Å². The van der Waals surface area contributed by atoms with Gasteiger partial charge in [-0.1, -0.05) is 35.4 Å². The van der Waals surface area contributed by atoms with Gasteiger partial charge in [-0.15, -0.1) is 0 Å². The molecule has 20 heavy (non-hydrogen) atoms. The van der Waals surface area contributed by atoms with Crippen molar-refractivity contribution in [2.24, 2.45) is 0 Å². The van der Waals surface area contributed by atoms with Gasteiger partial charge in [0.25, 0.3) is 0 Å². The van der Waals surface area contributed by atoms with Gasteiger partial charge < -0.3 is 5.73 Å². The minimum Gasteiger partial charge on any atom is -0.398 e. The molecular weight excluding hydrogens is 334 g/mol. The standard InChI is InChI=1S/C16H18BrNOS/c1-11-5-12(2)7-14(6-11)10-20(19)9-13-3-4-15(17)16(18)8-13/h3-8H,9-10,18H2,1-2H3. The summed E-state index contributed by atoms with van der Waals surface area (Å²) in [4.78, 5) is 0. The van der Waals surface area contributed by atoms with Crippen LogP contribution in [-0.2, 0) is 22.3 Å². The summed E-state index contributed by atoms with van der Waals surface area (Å²) in [5.41, 5.74) is 11.1. The van der Waals surface area contributed by atoms with Gasteiger partial charge >= 0.3 is 0 Å². The number of anilines is 1. The lowest BCUT2D eigenvalue weighted by Gasteiger charge is -2.07. The van der Waals surface area contributed by atoms with Crippen molar-refractivity contribution >= 4 is 32.4 Å². The molecule has 106 valence electrons. The Labute approximate surface area is 131 Å². The molecule has 4 heteroatoms. The fourth-order valence-corrected chi connectivity index (χ4v) is 3.70. The molecule has 2 rings (SSSR count). The van der Waals surface area contributed by atoms with Crippen LogP contribution >= 0.6 is 15.9 Å². The first kappa shape index (κ1) is 15.3. The van der Waals surface area contributed by atoms with Crippen LogP contribution in [0.5, 0.6) is 0 Å². The second-order valence-corrected chi connectivity index (χ2v) is 7.39. The van der Waals surface area contributed by atoms with Gasteiger partial charge in [0.2, 0.25) is 0 Å². The summed E-state index contributed by atoms with van der Waals surface area (Å²) in [5, 5.41) is 0. The first-order valence-corrected chi connectivity index (χ1v) is 8.68. The highest BCUT2D eigenvalue weighted by molar-refractivity contribution is 9.10. The van der Waals surface area contributed by atoms with Crippen molar-refractivity contribution in [1.29, 1.82) is 0 Å². The fourth-order valence-electron chi connectivity index (χ4n) is 2.26. The molecule has 2 nitrogen and oxygen atoms in total. The Kier molecular flexibility index (Phi) is 5.00. The van der Waals surface area contributed by atoms with Crippen molar-refractivity contribution in [2.45, 2.75) is 25.4 Å². The van der Waals surface area contributed by atoms with Gasteiger partial charge in [0, 0.05) is 32.5 Å². The van der Waals surface area contributed by atoms with Crippen LogP contribution in [0.15, 0.2) is 40.9 Å². The normalized spacial score (nSPS) is 12.3. The Morgan fingerprint density at radius 1 is 1.00 bits per heavy atom. The molecule has 0 spiro atoms. The van der Waals surface area contributed by atoms with E-state index in [1.54, 1.807) is 0 Å². The molecule has 0 saturated heterocycles. The Hall–Kier alpha value is -1.13. The zero-order valence-electron chi connectivity index (χ0n) is 11.7. The fraction of sp³-hybridized carbons (Fsp3) is 0.250. The molecular formula is C16H18BrNOS. The summed E-state index contributed by atoms with van der Waals surface area (Å²) in [5.74, 6) is 1.11. The Bertz CT molecular complexity index is 635. The van der Waals surface area contributed by atoms with E-state index in [9.17, 15) is 4.21 Å². The van der Waals surface area contributed by atoms with E-state index in [1.807, 2.05) is 18.2 Å². The molecule has 1 atom stereocenters. The number of hydrogen-bond acceptors (Lipinski definition) is 2. The number of halogens is 1. The monoisotopic (exact) mass is 351 g/mol. The van der Waals surface area contributed by atoms with Gasteiger partial charge in [-0.05, 0) is 53.0 Å². The molecule has 2 N–H and O–H groups in total. The van der Waals surface area contributed by atoms with Crippen molar-refractivity contribution in [2.75, 3.05) is 5.73 Å². The molecule has 0 saturated carbocycles. The van der Waals surface area contributed by atoms with Crippen molar-refractivity contribution in [3.8, 4) is 0 Å². The highest BCUT2D eigenvalue weighted by Crippen LogP contribution is 2.21. The zero-order chi connectivity index (χ0) is 14.7. The second kappa shape index (κ2) is 6.55. The molecule has 0 amide bonds. The molecule has 0 aliphatic heterocycles. The van der Waals surface area contributed by atoms with Crippen LogP contribution in [-0.4, -0.2) is 4.21 Å². The predicted octanol–water partition coefficient (Wildman–Crippen LogP) is 4.10. The van der Waals surface area contributed by atoms with Crippen LogP contribution in [0.3, 0.4) is 0 Å². The minimum absolute atomic E-state index is 0.532. The maximum Gasteiger partial charge on any atom is 0.0489 e. The molecule has 0 aliphatic carbocycles. The summed E-state index contributed by atoms with van der Waals surface area (Å²) in [6, 6.07) is 12.1. The van der Waals surface area contributed by atoms with Crippen molar-refractivity contribution < 1.29 is 4.21 Å². The molecule has 2 aromatic rings. The average molecular weight is 352 g/mol. The number of nitrogens with two attached hydrogens (primary N) is 1. The van der Waals surface area contributed by atoms with Crippen molar-refractivity contribution in [3.63, 3.8) is 0 Å². The predicted molar refractivity (Wildman–Crippen MR) is 90.0 cm³/mol. The van der Waals surface area contributed by atoms with Crippen molar-refractivity contribution in [1.82, 2.24) is 0 Å². The lowest BCUT2D eigenvalue weighted by Crippen LogP contribution is -2.01. The average Bonchev–Trinajstić information content (AvgIpc) is 2.32. The first-order chi connectivity index (χ1) is 9.44. The molecule has 0 radical (unpaired) electrons. The maximum absolute atomic E-state index is 12.3. The topological polar surface area (TPSA) is 43.1 Å². The van der Waals surface area contributed by atoms with Crippen LogP contribution in [0.1, 0.15) is 22.3 Å². The smallest absolute Gasteiger partial charge is 0.0489 e. The number of hydrogen-bond donors (Lipinski definition) is 1. The SMILES string of the molecule is Cc1cc(C)cc(CS(=O)Cc2ccc(Br)c(N)c2)c1. The van der Waals surface area contributed by atoms with E-state index in [1.165, 1.54) is 11.1 Å². The van der Waals surface area contributed by atoms with Crippen LogP contribution in [0.4, 0.5) is 5.69 Å². The molecule has 0 heterocycles. The van der Waals surface area contributed by atoms with E-state index >= 15 is 0 Å². The largest absolute Gasteiger partial charge is 0.398 e. The summed E-state index contributed by atoms with van der Waals surface area (Å²) >= 11 is 3.36. The van der Waals surface area contributed by atoms with Gasteiger partial charge in [0.05, 0.1) is 0 Å². The molecule has 0 bridgehead atoms. The first-order valence-electron chi connectivity index (χ1n) is 6.40. The van der Waals surface area contributed by atoms with E-state index in [0.717, 1.165) is 15.6 Å². The van der Waals surface area contributed by atoms with Gasteiger partial charge in [-0.2, -0.15) is 0 Å². The van der Waals surface area contributed by atoms with Gasteiger partial charge in [0.1, 0.15) is 0 Å². The lowest BCUT2D eigenvalue weighted by atomic mass is 10.1. The number of aryl methyl sites for hydroxylation is 2. The van der Waals surface area contributed by atoms with Gasteiger partial charge in [-0.3, -0.25) is 4.21 Å². The minimum atomic E-state index is -0.924. The Morgan fingerprint density at radius 3 is 2.20 bits per heavy atom. The van der Waals surface area contributed by atoms with Crippen LogP contribution < -0.4 is 5.73 Å². The zero-order valence-corrected chi connectivity index (χ0v) is 14.1. The third-order valence-electron chi connectivity index (χ3n) is 3.00. The third-order valence-corrected chi connectivity index (χ3v) is 5.03. The Morgan fingerprint density at radius 2 is 1.60 bits per heavy atom. The summed E-state index contributed by atoms with van der Waals surface area (Å²) in [6.45, 7) is 4.13. The highest BCUT2D eigenvalue weighted by atomic mass is 79.9. The van der Waals surface area contributed by atoms with Crippen LogP contribution in [0.2, 0.25) is 0 Å². The molecule has 2 aromatic carbocycles. The molecule has 0 fully saturated rings. The highest BCUT2D eigenvalue weighted by Gasteiger charge is 2.06.